The molecule has 0 spiro atoms. The first-order valence-corrected chi connectivity index (χ1v) is 11.5. The van der Waals surface area contributed by atoms with Crippen LogP contribution in [-0.2, 0) is 4.74 Å². The summed E-state index contributed by atoms with van der Waals surface area (Å²) in [4.78, 5) is 35.6. The number of pyridine rings is 2. The molecule has 2 aromatic heterocycles. The van der Waals surface area contributed by atoms with Crippen LogP contribution in [-0.4, -0.2) is 48.6 Å². The van der Waals surface area contributed by atoms with Crippen LogP contribution in [0.5, 0.6) is 0 Å². The number of carbonyl (C=O) groups excluding carboxylic acids is 2. The standard InChI is InChI=1S/C25H26ClN5O3/c1-34-25(33)18-2-4-21(24(32)30-23-5-3-19(26)16-29-23)22(14-18)28-15-17-8-12-31(13-9-17)20-6-10-27-11-7-20/h2-7,10-11,14,16-17,28H,8-9,12-13,15H2,1H3,(H,29,30,32). The number of hydrogen-bond acceptors (Lipinski definition) is 7. The molecule has 2 N–H and O–H groups in total. The lowest BCUT2D eigenvalue weighted by molar-refractivity contribution is 0.0600. The fraction of sp³-hybridized carbons (Fsp3) is 0.280. The number of halogens is 1. The van der Waals surface area contributed by atoms with Gasteiger partial charge in [-0.2, -0.15) is 0 Å². The Morgan fingerprint density at radius 1 is 1.12 bits per heavy atom. The van der Waals surface area contributed by atoms with Gasteiger partial charge in [-0.05, 0) is 61.2 Å². The van der Waals surface area contributed by atoms with Crippen LogP contribution in [0.3, 0.4) is 0 Å². The fourth-order valence-corrected chi connectivity index (χ4v) is 4.08. The van der Waals surface area contributed by atoms with E-state index in [0.717, 1.165) is 25.9 Å². The molecule has 1 amide bonds. The number of aromatic nitrogens is 2. The van der Waals surface area contributed by atoms with Gasteiger partial charge in [-0.3, -0.25) is 9.78 Å². The number of ether oxygens (including phenoxy) is 1. The van der Waals surface area contributed by atoms with Gasteiger partial charge in [0, 0.05) is 49.6 Å². The SMILES string of the molecule is COC(=O)c1ccc(C(=O)Nc2ccc(Cl)cn2)c(NCC2CCN(c3ccncc3)CC2)c1. The molecule has 34 heavy (non-hydrogen) atoms. The Bertz CT molecular complexity index is 1130. The van der Waals surface area contributed by atoms with Gasteiger partial charge in [0.1, 0.15) is 5.82 Å². The maximum absolute atomic E-state index is 13.0. The van der Waals surface area contributed by atoms with E-state index in [4.69, 9.17) is 16.3 Å². The topological polar surface area (TPSA) is 96.5 Å². The van der Waals surface area contributed by atoms with Crippen LogP contribution in [0.4, 0.5) is 17.2 Å². The summed E-state index contributed by atoms with van der Waals surface area (Å²) in [6.45, 7) is 2.59. The van der Waals surface area contributed by atoms with E-state index >= 15 is 0 Å². The normalized spacial score (nSPS) is 13.9. The molecule has 0 saturated carbocycles. The van der Waals surface area contributed by atoms with Crippen LogP contribution in [0.15, 0.2) is 61.1 Å². The summed E-state index contributed by atoms with van der Waals surface area (Å²) in [6.07, 6.45) is 7.12. The summed E-state index contributed by atoms with van der Waals surface area (Å²) in [7, 11) is 1.33. The molecule has 0 atom stereocenters. The minimum Gasteiger partial charge on any atom is -0.465 e. The maximum Gasteiger partial charge on any atom is 0.337 e. The van der Waals surface area contributed by atoms with E-state index < -0.39 is 5.97 Å². The van der Waals surface area contributed by atoms with Crippen molar-refractivity contribution in [3.8, 4) is 0 Å². The molecule has 1 aliphatic heterocycles. The van der Waals surface area contributed by atoms with Crippen LogP contribution in [0.2, 0.25) is 5.02 Å². The number of esters is 1. The molecule has 8 nitrogen and oxygen atoms in total. The molecule has 0 bridgehead atoms. The molecule has 0 unspecified atom stereocenters. The van der Waals surface area contributed by atoms with Gasteiger partial charge in [-0.25, -0.2) is 9.78 Å². The summed E-state index contributed by atoms with van der Waals surface area (Å²) < 4.78 is 4.85. The lowest BCUT2D eigenvalue weighted by Crippen LogP contribution is -2.36. The first kappa shape index (κ1) is 23.5. The third-order valence-electron chi connectivity index (χ3n) is 5.88. The van der Waals surface area contributed by atoms with E-state index in [1.807, 2.05) is 24.5 Å². The highest BCUT2D eigenvalue weighted by Crippen LogP contribution is 2.25. The van der Waals surface area contributed by atoms with Gasteiger partial charge in [-0.15, -0.1) is 0 Å². The predicted octanol–water partition coefficient (Wildman–Crippen LogP) is 4.50. The molecule has 0 aliphatic carbocycles. The third-order valence-corrected chi connectivity index (χ3v) is 6.10. The van der Waals surface area contributed by atoms with Crippen molar-refractivity contribution in [2.75, 3.05) is 42.3 Å². The highest BCUT2D eigenvalue weighted by molar-refractivity contribution is 6.30. The molecular weight excluding hydrogens is 454 g/mol. The van der Waals surface area contributed by atoms with Crippen molar-refractivity contribution in [3.05, 3.63) is 77.2 Å². The summed E-state index contributed by atoms with van der Waals surface area (Å²) >= 11 is 5.88. The van der Waals surface area contributed by atoms with E-state index in [0.29, 0.717) is 40.1 Å². The molecule has 176 valence electrons. The number of amides is 1. The Hall–Kier alpha value is -3.65. The molecule has 9 heteroatoms. The first-order chi connectivity index (χ1) is 16.5. The minimum absolute atomic E-state index is 0.332. The number of nitrogens with one attached hydrogen (secondary N) is 2. The third kappa shape index (κ3) is 5.82. The van der Waals surface area contributed by atoms with Gasteiger partial charge in [0.15, 0.2) is 0 Å². The average Bonchev–Trinajstić information content (AvgIpc) is 2.89. The monoisotopic (exact) mass is 479 g/mol. The Balaban J connectivity index is 1.44. The van der Waals surface area contributed by atoms with Crippen molar-refractivity contribution >= 4 is 40.7 Å². The number of piperidine rings is 1. The number of carbonyl (C=O) groups is 2. The number of anilines is 3. The van der Waals surface area contributed by atoms with E-state index in [1.54, 1.807) is 30.3 Å². The van der Waals surface area contributed by atoms with Gasteiger partial charge < -0.3 is 20.3 Å². The second-order valence-corrected chi connectivity index (χ2v) is 8.52. The molecule has 4 rings (SSSR count). The fourth-order valence-electron chi connectivity index (χ4n) is 3.97. The Morgan fingerprint density at radius 2 is 1.88 bits per heavy atom. The number of nitrogens with zero attached hydrogens (tertiary/aromatic N) is 3. The second kappa shape index (κ2) is 11.0. The Labute approximate surface area is 203 Å². The summed E-state index contributed by atoms with van der Waals surface area (Å²) in [5.74, 6) is 0.0378. The van der Waals surface area contributed by atoms with Crippen LogP contribution in [0, 0.1) is 5.92 Å². The summed E-state index contributed by atoms with van der Waals surface area (Å²) in [6, 6.07) is 12.2. The van der Waals surface area contributed by atoms with E-state index in [-0.39, 0.29) is 5.91 Å². The van der Waals surface area contributed by atoms with Gasteiger partial charge in [0.05, 0.1) is 23.3 Å². The van der Waals surface area contributed by atoms with Crippen LogP contribution < -0.4 is 15.5 Å². The highest BCUT2D eigenvalue weighted by atomic mass is 35.5. The molecule has 1 saturated heterocycles. The molecule has 0 radical (unpaired) electrons. The van der Waals surface area contributed by atoms with E-state index in [9.17, 15) is 9.59 Å². The molecule has 3 heterocycles. The highest BCUT2D eigenvalue weighted by Gasteiger charge is 2.21. The Kier molecular flexibility index (Phi) is 7.59. The van der Waals surface area contributed by atoms with Crippen LogP contribution >= 0.6 is 11.6 Å². The number of hydrogen-bond donors (Lipinski definition) is 2. The lowest BCUT2D eigenvalue weighted by atomic mass is 9.96. The first-order valence-electron chi connectivity index (χ1n) is 11.1. The smallest absolute Gasteiger partial charge is 0.337 e. The summed E-state index contributed by atoms with van der Waals surface area (Å²) in [5.41, 5.74) is 2.55. The number of benzene rings is 1. The largest absolute Gasteiger partial charge is 0.465 e. The van der Waals surface area contributed by atoms with Gasteiger partial charge >= 0.3 is 5.97 Å². The zero-order valence-corrected chi connectivity index (χ0v) is 19.6. The Morgan fingerprint density at radius 3 is 2.56 bits per heavy atom. The maximum atomic E-state index is 13.0. The van der Waals surface area contributed by atoms with Gasteiger partial charge in [0.25, 0.3) is 5.91 Å². The number of methoxy groups -OCH3 is 1. The minimum atomic E-state index is -0.458. The average molecular weight is 480 g/mol. The van der Waals surface area contributed by atoms with Crippen molar-refractivity contribution < 1.29 is 14.3 Å². The van der Waals surface area contributed by atoms with Crippen LogP contribution in [0.25, 0.3) is 0 Å². The quantitative estimate of drug-likeness (QED) is 0.481. The van der Waals surface area contributed by atoms with Gasteiger partial charge in [-0.1, -0.05) is 11.6 Å². The van der Waals surface area contributed by atoms with Crippen molar-refractivity contribution in [1.82, 2.24) is 9.97 Å². The zero-order chi connectivity index (χ0) is 23.9. The predicted molar refractivity (Wildman–Crippen MR) is 133 cm³/mol. The van der Waals surface area contributed by atoms with E-state index in [2.05, 4.69) is 25.5 Å². The van der Waals surface area contributed by atoms with E-state index in [1.165, 1.54) is 19.0 Å². The summed E-state index contributed by atoms with van der Waals surface area (Å²) in [5, 5.41) is 6.65. The second-order valence-electron chi connectivity index (χ2n) is 8.08. The molecule has 1 aromatic carbocycles. The van der Waals surface area contributed by atoms with Gasteiger partial charge in [0.2, 0.25) is 0 Å². The zero-order valence-electron chi connectivity index (χ0n) is 18.8. The molecular formula is C25H26ClN5O3. The lowest BCUT2D eigenvalue weighted by Gasteiger charge is -2.33. The molecule has 1 aliphatic rings. The van der Waals surface area contributed by atoms with Crippen molar-refractivity contribution in [2.24, 2.45) is 5.92 Å². The molecule has 3 aromatic rings. The van der Waals surface area contributed by atoms with Crippen molar-refractivity contribution in [2.45, 2.75) is 12.8 Å². The molecule has 1 fully saturated rings. The van der Waals surface area contributed by atoms with Crippen molar-refractivity contribution in [1.29, 1.82) is 0 Å². The van der Waals surface area contributed by atoms with Crippen molar-refractivity contribution in [3.63, 3.8) is 0 Å². The van der Waals surface area contributed by atoms with Crippen LogP contribution in [0.1, 0.15) is 33.6 Å². The number of rotatable bonds is 7.